The Kier molecular flexibility index (Phi) is 3.43. The van der Waals surface area contributed by atoms with E-state index in [0.29, 0.717) is 11.3 Å². The van der Waals surface area contributed by atoms with Crippen LogP contribution in [-0.4, -0.2) is 15.6 Å². The van der Waals surface area contributed by atoms with Crippen LogP contribution in [0.15, 0.2) is 39.6 Å². The lowest BCUT2D eigenvalue weighted by Gasteiger charge is -2.09. The number of rotatable bonds is 2. The van der Waals surface area contributed by atoms with Gasteiger partial charge in [0.05, 0.1) is 10.0 Å². The third-order valence-electron chi connectivity index (χ3n) is 2.59. The van der Waals surface area contributed by atoms with E-state index in [1.807, 2.05) is 30.3 Å². The lowest BCUT2D eigenvalue weighted by molar-refractivity contribution is 0.101. The fraction of sp³-hybridized carbons (Fsp3) is 0.154. The van der Waals surface area contributed by atoms with Crippen LogP contribution in [0.25, 0.3) is 11.3 Å². The molecule has 0 unspecified atom stereocenters. The summed E-state index contributed by atoms with van der Waals surface area (Å²) in [6.45, 7) is 1.42. The number of hydrogen-bond donors (Lipinski definition) is 0. The van der Waals surface area contributed by atoms with Crippen LogP contribution in [0.3, 0.4) is 0 Å². The van der Waals surface area contributed by atoms with Crippen molar-refractivity contribution in [2.75, 3.05) is 0 Å². The molecule has 0 aliphatic carbocycles. The maximum absolute atomic E-state index is 11.8. The Balaban J connectivity index is 2.83. The molecule has 2 rings (SSSR count). The van der Waals surface area contributed by atoms with Crippen molar-refractivity contribution in [2.45, 2.75) is 6.92 Å². The number of aromatic nitrogens is 2. The Hall–Kier alpha value is -1.75. The summed E-state index contributed by atoms with van der Waals surface area (Å²) in [5.41, 5.74) is 1.32. The fourth-order valence-electron chi connectivity index (χ4n) is 1.72. The number of halogens is 1. The van der Waals surface area contributed by atoms with Crippen LogP contribution in [0.4, 0.5) is 0 Å². The van der Waals surface area contributed by atoms with E-state index >= 15 is 0 Å². The largest absolute Gasteiger partial charge is 0.294 e. The summed E-state index contributed by atoms with van der Waals surface area (Å²) in [5, 5.41) is 4.18. The molecule has 0 spiro atoms. The maximum Gasteiger partial charge on any atom is 0.281 e. The van der Waals surface area contributed by atoms with Crippen LogP contribution >= 0.6 is 15.9 Å². The lowest BCUT2D eigenvalue weighted by atomic mass is 10.0. The van der Waals surface area contributed by atoms with Crippen LogP contribution in [0.5, 0.6) is 0 Å². The molecule has 0 amide bonds. The third-order valence-corrected chi connectivity index (χ3v) is 3.32. The highest BCUT2D eigenvalue weighted by molar-refractivity contribution is 9.10. The minimum absolute atomic E-state index is 0.189. The summed E-state index contributed by atoms with van der Waals surface area (Å²) < 4.78 is 1.48. The Bertz CT molecular complexity index is 663. The quantitative estimate of drug-likeness (QED) is 0.801. The highest BCUT2D eigenvalue weighted by atomic mass is 79.9. The number of benzene rings is 1. The van der Waals surface area contributed by atoms with Crippen LogP contribution in [0.2, 0.25) is 0 Å². The van der Waals surface area contributed by atoms with Gasteiger partial charge in [-0.15, -0.1) is 0 Å². The van der Waals surface area contributed by atoms with E-state index in [2.05, 4.69) is 21.0 Å². The average Bonchev–Trinajstić information content (AvgIpc) is 2.36. The standard InChI is InChI=1S/C13H11BrN2O2/c1-8(17)10-11(14)13(18)16(2)15-12(10)9-6-4-3-5-7-9/h3-7H,1-2H3. The first-order chi connectivity index (χ1) is 8.52. The summed E-state index contributed by atoms with van der Waals surface area (Å²) in [6, 6.07) is 9.31. The van der Waals surface area contributed by atoms with E-state index in [4.69, 9.17) is 0 Å². The van der Waals surface area contributed by atoms with Crippen LogP contribution < -0.4 is 5.56 Å². The van der Waals surface area contributed by atoms with Gasteiger partial charge in [-0.1, -0.05) is 30.3 Å². The van der Waals surface area contributed by atoms with Gasteiger partial charge in [-0.2, -0.15) is 5.10 Å². The molecule has 0 radical (unpaired) electrons. The number of carbonyl (C=O) groups excluding carboxylic acids is 1. The zero-order valence-electron chi connectivity index (χ0n) is 9.98. The first-order valence-electron chi connectivity index (χ1n) is 5.35. The average molecular weight is 307 g/mol. The summed E-state index contributed by atoms with van der Waals surface area (Å²) in [5.74, 6) is -0.189. The summed E-state index contributed by atoms with van der Waals surface area (Å²) >= 11 is 3.19. The van der Waals surface area contributed by atoms with Gasteiger partial charge in [0.25, 0.3) is 5.56 Å². The van der Waals surface area contributed by atoms with E-state index < -0.39 is 0 Å². The molecular formula is C13H11BrN2O2. The van der Waals surface area contributed by atoms with Gasteiger partial charge in [0.1, 0.15) is 5.69 Å². The molecule has 0 saturated carbocycles. The van der Waals surface area contributed by atoms with Gasteiger partial charge >= 0.3 is 0 Å². The molecule has 0 atom stereocenters. The SMILES string of the molecule is CC(=O)c1c(-c2ccccc2)nn(C)c(=O)c1Br. The van der Waals surface area contributed by atoms with Gasteiger partial charge in [-0.05, 0) is 22.9 Å². The Morgan fingerprint density at radius 3 is 2.44 bits per heavy atom. The second-order valence-electron chi connectivity index (χ2n) is 3.89. The molecule has 0 bridgehead atoms. The van der Waals surface area contributed by atoms with E-state index in [-0.39, 0.29) is 15.8 Å². The highest BCUT2D eigenvalue weighted by Crippen LogP contribution is 2.25. The summed E-state index contributed by atoms with van der Waals surface area (Å²) in [4.78, 5) is 23.5. The molecule has 2 aromatic rings. The van der Waals surface area contributed by atoms with Crippen molar-refractivity contribution in [3.8, 4) is 11.3 Å². The monoisotopic (exact) mass is 306 g/mol. The number of nitrogens with zero attached hydrogens (tertiary/aromatic N) is 2. The molecule has 0 aliphatic heterocycles. The molecule has 1 aromatic heterocycles. The van der Waals surface area contributed by atoms with Gasteiger partial charge in [-0.3, -0.25) is 9.59 Å². The third kappa shape index (κ3) is 2.13. The predicted octanol–water partition coefficient (Wildman–Crippen LogP) is 2.41. The van der Waals surface area contributed by atoms with E-state index in [0.717, 1.165) is 5.56 Å². The van der Waals surface area contributed by atoms with Crippen molar-refractivity contribution in [1.29, 1.82) is 0 Å². The molecule has 1 aromatic carbocycles. The minimum atomic E-state index is -0.320. The zero-order valence-corrected chi connectivity index (χ0v) is 11.6. The normalized spacial score (nSPS) is 10.4. The molecule has 0 aliphatic rings. The Morgan fingerprint density at radius 2 is 1.89 bits per heavy atom. The zero-order chi connectivity index (χ0) is 13.3. The number of aryl methyl sites for hydroxylation is 1. The molecule has 0 N–H and O–H groups in total. The Morgan fingerprint density at radius 1 is 1.28 bits per heavy atom. The highest BCUT2D eigenvalue weighted by Gasteiger charge is 2.18. The van der Waals surface area contributed by atoms with Crippen molar-refractivity contribution in [2.24, 2.45) is 7.05 Å². The van der Waals surface area contributed by atoms with Gasteiger partial charge in [0, 0.05) is 12.6 Å². The van der Waals surface area contributed by atoms with Gasteiger partial charge < -0.3 is 0 Å². The summed E-state index contributed by atoms with van der Waals surface area (Å²) in [7, 11) is 1.56. The Labute approximate surface area is 112 Å². The molecule has 5 heteroatoms. The first-order valence-corrected chi connectivity index (χ1v) is 6.15. The van der Waals surface area contributed by atoms with Crippen molar-refractivity contribution in [1.82, 2.24) is 9.78 Å². The topological polar surface area (TPSA) is 52.0 Å². The lowest BCUT2D eigenvalue weighted by Crippen LogP contribution is -2.24. The second kappa shape index (κ2) is 4.86. The number of ketones is 1. The molecule has 4 nitrogen and oxygen atoms in total. The number of Topliss-reactive ketones (excluding diaryl/α,β-unsaturated/α-hetero) is 1. The van der Waals surface area contributed by atoms with Crippen LogP contribution in [-0.2, 0) is 7.05 Å². The number of carbonyl (C=O) groups is 1. The van der Waals surface area contributed by atoms with Crippen molar-refractivity contribution >= 4 is 21.7 Å². The van der Waals surface area contributed by atoms with Crippen molar-refractivity contribution < 1.29 is 4.79 Å². The smallest absolute Gasteiger partial charge is 0.281 e. The molecule has 92 valence electrons. The maximum atomic E-state index is 11.8. The molecule has 0 saturated heterocycles. The molecular weight excluding hydrogens is 296 g/mol. The second-order valence-corrected chi connectivity index (χ2v) is 4.68. The molecule has 0 fully saturated rings. The number of hydrogen-bond acceptors (Lipinski definition) is 3. The van der Waals surface area contributed by atoms with Crippen molar-refractivity contribution in [3.05, 3.63) is 50.7 Å². The van der Waals surface area contributed by atoms with Gasteiger partial charge in [0.2, 0.25) is 0 Å². The van der Waals surface area contributed by atoms with E-state index in [1.54, 1.807) is 7.05 Å². The summed E-state index contributed by atoms with van der Waals surface area (Å²) in [6.07, 6.45) is 0. The minimum Gasteiger partial charge on any atom is -0.294 e. The molecule has 18 heavy (non-hydrogen) atoms. The molecule has 1 heterocycles. The van der Waals surface area contributed by atoms with Crippen LogP contribution in [0, 0.1) is 0 Å². The predicted molar refractivity (Wildman–Crippen MR) is 72.6 cm³/mol. The van der Waals surface area contributed by atoms with Gasteiger partial charge in [-0.25, -0.2) is 4.68 Å². The van der Waals surface area contributed by atoms with Crippen molar-refractivity contribution in [3.63, 3.8) is 0 Å². The van der Waals surface area contributed by atoms with E-state index in [1.165, 1.54) is 11.6 Å². The fourth-order valence-corrected chi connectivity index (χ4v) is 2.44. The first kappa shape index (κ1) is 12.7. The van der Waals surface area contributed by atoms with Gasteiger partial charge in [0.15, 0.2) is 5.78 Å². The van der Waals surface area contributed by atoms with E-state index in [9.17, 15) is 9.59 Å². The van der Waals surface area contributed by atoms with Crippen LogP contribution in [0.1, 0.15) is 17.3 Å².